The fraction of sp³-hybridized carbons (Fsp3) is 0.276. The number of carbonyl (C=O) groups excluding carboxylic acids is 1. The third-order valence-corrected chi connectivity index (χ3v) is 9.73. The molecule has 1 fully saturated rings. The van der Waals surface area contributed by atoms with Crippen LogP contribution in [0.5, 0.6) is 0 Å². The lowest BCUT2D eigenvalue weighted by molar-refractivity contribution is -0.126. The van der Waals surface area contributed by atoms with Gasteiger partial charge in [-0.2, -0.15) is 4.98 Å². The predicted molar refractivity (Wildman–Crippen MR) is 159 cm³/mol. The van der Waals surface area contributed by atoms with E-state index in [1.165, 1.54) is 56.6 Å². The van der Waals surface area contributed by atoms with E-state index in [4.69, 9.17) is 11.6 Å². The summed E-state index contributed by atoms with van der Waals surface area (Å²) < 4.78 is 42.6. The molecule has 0 aliphatic carbocycles. The van der Waals surface area contributed by atoms with Gasteiger partial charge in [0.05, 0.1) is 38.1 Å². The van der Waals surface area contributed by atoms with Gasteiger partial charge >= 0.3 is 5.69 Å². The second-order valence-corrected chi connectivity index (χ2v) is 13.1. The first-order valence-corrected chi connectivity index (χ1v) is 15.1. The highest BCUT2D eigenvalue weighted by Gasteiger charge is 2.31. The van der Waals surface area contributed by atoms with Gasteiger partial charge in [-0.1, -0.05) is 30.3 Å². The number of nitrogens with zero attached hydrogens (tertiary/aromatic N) is 6. The lowest BCUT2D eigenvalue weighted by Crippen LogP contribution is -2.54. The van der Waals surface area contributed by atoms with Crippen LogP contribution < -0.4 is 10.6 Å². The normalized spacial score (nSPS) is 15.8. The van der Waals surface area contributed by atoms with E-state index in [0.29, 0.717) is 25.0 Å². The SMILES string of the molecule is C=CC(=O)N1CCN(c2nc(=O)n(-c3cnccc3S(=O)(=O)C(C)C)c3nc(-c4ccccc4F)c(Cl)cc23)[C@@H](C)C1. The Morgan fingerprint density at radius 2 is 1.93 bits per heavy atom. The van der Waals surface area contributed by atoms with E-state index >= 15 is 0 Å². The zero-order valence-corrected chi connectivity index (χ0v) is 24.7. The summed E-state index contributed by atoms with van der Waals surface area (Å²) in [7, 11) is -3.87. The molecule has 10 nitrogen and oxygen atoms in total. The zero-order valence-electron chi connectivity index (χ0n) is 23.2. The minimum absolute atomic E-state index is 0.0256. The quantitative estimate of drug-likeness (QED) is 0.300. The summed E-state index contributed by atoms with van der Waals surface area (Å²) in [5.41, 5.74) is -0.648. The Morgan fingerprint density at radius 3 is 2.60 bits per heavy atom. The molecule has 0 N–H and O–H groups in total. The highest BCUT2D eigenvalue weighted by molar-refractivity contribution is 7.92. The number of sulfone groups is 1. The smallest absolute Gasteiger partial charge is 0.350 e. The molecule has 3 aromatic heterocycles. The van der Waals surface area contributed by atoms with Crippen molar-refractivity contribution in [2.24, 2.45) is 0 Å². The van der Waals surface area contributed by atoms with Crippen LogP contribution >= 0.6 is 11.6 Å². The molecule has 1 aliphatic heterocycles. The second kappa shape index (κ2) is 11.3. The number of aromatic nitrogens is 4. The van der Waals surface area contributed by atoms with Crippen molar-refractivity contribution in [1.29, 1.82) is 0 Å². The van der Waals surface area contributed by atoms with Crippen molar-refractivity contribution in [3.8, 4) is 16.9 Å². The maximum absolute atomic E-state index is 14.9. The number of halogens is 2. The van der Waals surface area contributed by atoms with Gasteiger partial charge in [0, 0.05) is 37.4 Å². The van der Waals surface area contributed by atoms with Crippen LogP contribution in [-0.2, 0) is 14.6 Å². The van der Waals surface area contributed by atoms with E-state index in [-0.39, 0.29) is 50.3 Å². The summed E-state index contributed by atoms with van der Waals surface area (Å²) in [6.45, 7) is 9.57. The zero-order chi connectivity index (χ0) is 30.3. The number of fused-ring (bicyclic) bond motifs is 1. The molecule has 1 amide bonds. The summed E-state index contributed by atoms with van der Waals surface area (Å²) in [6.07, 6.45) is 3.84. The van der Waals surface area contributed by atoms with Crippen molar-refractivity contribution in [2.75, 3.05) is 24.5 Å². The van der Waals surface area contributed by atoms with Crippen LogP contribution in [0.25, 0.3) is 28.0 Å². The van der Waals surface area contributed by atoms with Crippen LogP contribution in [0.3, 0.4) is 0 Å². The van der Waals surface area contributed by atoms with Gasteiger partial charge in [0.25, 0.3) is 0 Å². The molecule has 5 rings (SSSR count). The Bertz CT molecular complexity index is 1900. The molecular formula is C29H28ClFN6O4S. The molecule has 1 saturated heterocycles. The largest absolute Gasteiger partial charge is 0.355 e. The molecule has 0 bridgehead atoms. The van der Waals surface area contributed by atoms with Gasteiger partial charge in [-0.15, -0.1) is 0 Å². The topological polar surface area (TPSA) is 118 Å². The van der Waals surface area contributed by atoms with Gasteiger partial charge in [0.15, 0.2) is 15.5 Å². The van der Waals surface area contributed by atoms with Crippen molar-refractivity contribution < 1.29 is 17.6 Å². The Hall–Kier alpha value is -4.16. The van der Waals surface area contributed by atoms with Crippen LogP contribution in [0.2, 0.25) is 5.02 Å². The molecule has 1 aromatic carbocycles. The molecule has 218 valence electrons. The summed E-state index contributed by atoms with van der Waals surface area (Å²) in [6, 6.07) is 8.55. The maximum atomic E-state index is 14.9. The van der Waals surface area contributed by atoms with Crippen molar-refractivity contribution in [1.82, 2.24) is 24.4 Å². The van der Waals surface area contributed by atoms with E-state index in [0.717, 1.165) is 4.57 Å². The number of hydrogen-bond donors (Lipinski definition) is 0. The summed E-state index contributed by atoms with van der Waals surface area (Å²) in [5.74, 6) is -0.518. The molecule has 0 spiro atoms. The van der Waals surface area contributed by atoms with Crippen LogP contribution in [0.1, 0.15) is 20.8 Å². The van der Waals surface area contributed by atoms with Crippen LogP contribution in [-0.4, -0.2) is 69.7 Å². The Morgan fingerprint density at radius 1 is 1.19 bits per heavy atom. The summed E-state index contributed by atoms with van der Waals surface area (Å²) in [5, 5.41) is -0.346. The van der Waals surface area contributed by atoms with Gasteiger partial charge < -0.3 is 9.80 Å². The molecule has 0 unspecified atom stereocenters. The first-order valence-electron chi connectivity index (χ1n) is 13.2. The van der Waals surface area contributed by atoms with Crippen molar-refractivity contribution in [3.63, 3.8) is 0 Å². The Labute approximate surface area is 247 Å². The predicted octanol–water partition coefficient (Wildman–Crippen LogP) is 4.04. The van der Waals surface area contributed by atoms with Crippen molar-refractivity contribution in [2.45, 2.75) is 37.0 Å². The van der Waals surface area contributed by atoms with Crippen LogP contribution in [0.4, 0.5) is 10.2 Å². The number of carbonyl (C=O) groups is 1. The van der Waals surface area contributed by atoms with E-state index in [1.54, 1.807) is 17.0 Å². The molecule has 1 atom stereocenters. The third kappa shape index (κ3) is 5.05. The van der Waals surface area contributed by atoms with Gasteiger partial charge in [-0.25, -0.2) is 27.2 Å². The van der Waals surface area contributed by atoms with E-state index in [9.17, 15) is 22.4 Å². The molecule has 1 aliphatic rings. The van der Waals surface area contributed by atoms with E-state index < -0.39 is 26.6 Å². The molecule has 0 radical (unpaired) electrons. The molecule has 4 heterocycles. The number of pyridine rings is 2. The fourth-order valence-electron chi connectivity index (χ4n) is 5.02. The monoisotopic (exact) mass is 610 g/mol. The average Bonchev–Trinajstić information content (AvgIpc) is 2.96. The van der Waals surface area contributed by atoms with Gasteiger partial charge in [0.1, 0.15) is 11.6 Å². The third-order valence-electron chi connectivity index (χ3n) is 7.25. The lowest BCUT2D eigenvalue weighted by Gasteiger charge is -2.40. The molecule has 4 aromatic rings. The number of hydrogen-bond acceptors (Lipinski definition) is 8. The molecule has 42 heavy (non-hydrogen) atoms. The maximum Gasteiger partial charge on any atom is 0.355 e. The van der Waals surface area contributed by atoms with E-state index in [2.05, 4.69) is 21.5 Å². The standard InChI is InChI=1S/C29H28ClFN6O4S/c1-5-25(38)35-12-13-36(18(4)16-35)27-20-14-21(30)26(19-8-6-7-9-22(19)31)33-28(20)37(29(39)34-27)23-15-32-11-10-24(23)42(40,41)17(2)3/h5-11,14-15,17-18H,1,12-13,16H2,2-4H3/t18-/m0/s1. The number of benzene rings is 1. The number of piperazine rings is 1. The molecular weight excluding hydrogens is 583 g/mol. The average molecular weight is 611 g/mol. The first kappa shape index (κ1) is 29.3. The minimum Gasteiger partial charge on any atom is -0.350 e. The first-order chi connectivity index (χ1) is 19.9. The number of rotatable bonds is 6. The highest BCUT2D eigenvalue weighted by atomic mass is 35.5. The summed E-state index contributed by atoms with van der Waals surface area (Å²) in [4.78, 5) is 42.6. The van der Waals surface area contributed by atoms with Crippen LogP contribution in [0, 0.1) is 5.82 Å². The lowest BCUT2D eigenvalue weighted by atomic mass is 10.1. The second-order valence-electron chi connectivity index (χ2n) is 10.2. The fourth-order valence-corrected chi connectivity index (χ4v) is 6.47. The van der Waals surface area contributed by atoms with Gasteiger partial charge in [-0.3, -0.25) is 9.78 Å². The van der Waals surface area contributed by atoms with E-state index in [1.807, 2.05) is 11.8 Å². The Balaban J connectivity index is 1.82. The van der Waals surface area contributed by atoms with Crippen LogP contribution in [0.15, 0.2) is 71.1 Å². The van der Waals surface area contributed by atoms with Gasteiger partial charge in [0.2, 0.25) is 5.91 Å². The number of amides is 1. The molecule has 0 saturated carbocycles. The Kier molecular flexibility index (Phi) is 7.86. The molecule has 13 heteroatoms. The summed E-state index contributed by atoms with van der Waals surface area (Å²) >= 11 is 6.69. The van der Waals surface area contributed by atoms with Gasteiger partial charge in [-0.05, 0) is 51.1 Å². The van der Waals surface area contributed by atoms with Crippen molar-refractivity contribution in [3.05, 3.63) is 82.8 Å². The highest BCUT2D eigenvalue weighted by Crippen LogP contribution is 2.35. The number of anilines is 1. The minimum atomic E-state index is -3.87. The van der Waals surface area contributed by atoms with Crippen molar-refractivity contribution >= 4 is 44.2 Å².